The third-order valence-corrected chi connectivity index (χ3v) is 3.76. The summed E-state index contributed by atoms with van der Waals surface area (Å²) in [6.45, 7) is 9.73. The standard InChI is InChI=1S/C18H29NO/c1-5-7-8-13-18(3,4)14-19-16-11-9-15(10-12-16)17(20)6-2/h9-12,19H,5-8,13-14H2,1-4H3. The van der Waals surface area contributed by atoms with Gasteiger partial charge in [0.15, 0.2) is 5.78 Å². The first-order chi connectivity index (χ1) is 9.48. The Morgan fingerprint density at radius 1 is 1.10 bits per heavy atom. The number of ketones is 1. The number of hydrogen-bond acceptors (Lipinski definition) is 2. The van der Waals surface area contributed by atoms with Gasteiger partial charge < -0.3 is 5.32 Å². The molecule has 1 aromatic rings. The molecule has 0 aromatic heterocycles. The zero-order valence-electron chi connectivity index (χ0n) is 13.5. The molecule has 1 aromatic carbocycles. The van der Waals surface area contributed by atoms with E-state index in [1.54, 1.807) is 0 Å². The lowest BCUT2D eigenvalue weighted by molar-refractivity contribution is 0.0988. The third kappa shape index (κ3) is 5.77. The molecule has 2 nitrogen and oxygen atoms in total. The van der Waals surface area contributed by atoms with Crippen LogP contribution in [0.2, 0.25) is 0 Å². The minimum Gasteiger partial charge on any atom is -0.385 e. The van der Waals surface area contributed by atoms with Gasteiger partial charge in [0.25, 0.3) is 0 Å². The summed E-state index contributed by atoms with van der Waals surface area (Å²) in [5.74, 6) is 0.205. The Bertz CT molecular complexity index is 406. The summed E-state index contributed by atoms with van der Waals surface area (Å²) in [5, 5.41) is 3.48. The van der Waals surface area contributed by atoms with E-state index in [-0.39, 0.29) is 5.78 Å². The fraction of sp³-hybridized carbons (Fsp3) is 0.611. The summed E-state index contributed by atoms with van der Waals surface area (Å²) in [6.07, 6.45) is 5.71. The smallest absolute Gasteiger partial charge is 0.162 e. The van der Waals surface area contributed by atoms with Crippen LogP contribution in [-0.2, 0) is 0 Å². The van der Waals surface area contributed by atoms with E-state index in [9.17, 15) is 4.79 Å². The lowest BCUT2D eigenvalue weighted by Gasteiger charge is -2.25. The Labute approximate surface area is 124 Å². The van der Waals surface area contributed by atoms with Crippen molar-refractivity contribution in [1.29, 1.82) is 0 Å². The van der Waals surface area contributed by atoms with Crippen LogP contribution in [0.4, 0.5) is 5.69 Å². The summed E-state index contributed by atoms with van der Waals surface area (Å²) in [7, 11) is 0. The van der Waals surface area contributed by atoms with E-state index in [4.69, 9.17) is 0 Å². The predicted molar refractivity (Wildman–Crippen MR) is 87.5 cm³/mol. The summed E-state index contributed by atoms with van der Waals surface area (Å²) in [4.78, 5) is 11.6. The van der Waals surface area contributed by atoms with Gasteiger partial charge in [-0.1, -0.05) is 47.0 Å². The fourth-order valence-electron chi connectivity index (χ4n) is 2.26. The quantitative estimate of drug-likeness (QED) is 0.489. The largest absolute Gasteiger partial charge is 0.385 e. The molecule has 2 heteroatoms. The summed E-state index contributed by atoms with van der Waals surface area (Å²) in [5.41, 5.74) is 2.22. The van der Waals surface area contributed by atoms with Gasteiger partial charge in [0.2, 0.25) is 0 Å². The van der Waals surface area contributed by atoms with E-state index in [2.05, 4.69) is 26.1 Å². The molecule has 0 spiro atoms. The van der Waals surface area contributed by atoms with Gasteiger partial charge in [-0.05, 0) is 36.1 Å². The molecule has 0 saturated carbocycles. The Balaban J connectivity index is 2.46. The van der Waals surface area contributed by atoms with Crippen LogP contribution in [0.25, 0.3) is 0 Å². The molecular weight excluding hydrogens is 246 g/mol. The first-order valence-electron chi connectivity index (χ1n) is 7.85. The first-order valence-corrected chi connectivity index (χ1v) is 7.85. The molecular formula is C18H29NO. The predicted octanol–water partition coefficient (Wildman–Crippen LogP) is 5.30. The topological polar surface area (TPSA) is 29.1 Å². The molecule has 0 bridgehead atoms. The molecule has 0 aliphatic rings. The number of hydrogen-bond donors (Lipinski definition) is 1. The number of unbranched alkanes of at least 4 members (excludes halogenated alkanes) is 2. The fourth-order valence-corrected chi connectivity index (χ4v) is 2.26. The second-order valence-electron chi connectivity index (χ2n) is 6.33. The monoisotopic (exact) mass is 275 g/mol. The van der Waals surface area contributed by atoms with Crippen LogP contribution in [0.3, 0.4) is 0 Å². The van der Waals surface area contributed by atoms with Gasteiger partial charge in [-0.3, -0.25) is 4.79 Å². The Morgan fingerprint density at radius 2 is 1.75 bits per heavy atom. The molecule has 0 fully saturated rings. The molecule has 0 atom stereocenters. The molecule has 20 heavy (non-hydrogen) atoms. The van der Waals surface area contributed by atoms with E-state index in [0.29, 0.717) is 11.8 Å². The minimum absolute atomic E-state index is 0.205. The highest BCUT2D eigenvalue weighted by Crippen LogP contribution is 2.24. The number of nitrogens with one attached hydrogen (secondary N) is 1. The van der Waals surface area contributed by atoms with Crippen LogP contribution in [0.15, 0.2) is 24.3 Å². The van der Waals surface area contributed by atoms with Crippen LogP contribution in [0, 0.1) is 5.41 Å². The van der Waals surface area contributed by atoms with Gasteiger partial charge in [-0.25, -0.2) is 0 Å². The van der Waals surface area contributed by atoms with Crippen molar-refractivity contribution in [2.45, 2.75) is 59.8 Å². The van der Waals surface area contributed by atoms with Crippen molar-refractivity contribution < 1.29 is 4.79 Å². The maximum atomic E-state index is 11.6. The van der Waals surface area contributed by atoms with Crippen molar-refractivity contribution >= 4 is 11.5 Å². The molecule has 0 saturated heterocycles. The number of carbonyl (C=O) groups excluding carboxylic acids is 1. The van der Waals surface area contributed by atoms with Gasteiger partial charge >= 0.3 is 0 Å². The van der Waals surface area contributed by atoms with Crippen molar-refractivity contribution in [3.63, 3.8) is 0 Å². The number of benzene rings is 1. The van der Waals surface area contributed by atoms with Gasteiger partial charge in [-0.15, -0.1) is 0 Å². The average molecular weight is 275 g/mol. The van der Waals surface area contributed by atoms with Crippen molar-refractivity contribution in [1.82, 2.24) is 0 Å². The third-order valence-electron chi connectivity index (χ3n) is 3.76. The van der Waals surface area contributed by atoms with Gasteiger partial charge in [0.1, 0.15) is 0 Å². The zero-order valence-corrected chi connectivity index (χ0v) is 13.5. The molecule has 0 unspecified atom stereocenters. The van der Waals surface area contributed by atoms with Crippen LogP contribution >= 0.6 is 0 Å². The molecule has 0 aliphatic heterocycles. The highest BCUT2D eigenvalue weighted by atomic mass is 16.1. The molecule has 0 heterocycles. The molecule has 1 rings (SSSR count). The first kappa shape index (κ1) is 16.7. The van der Waals surface area contributed by atoms with Crippen molar-refractivity contribution in [2.24, 2.45) is 5.41 Å². The van der Waals surface area contributed by atoms with E-state index < -0.39 is 0 Å². The number of Topliss-reactive ketones (excluding diaryl/α,β-unsaturated/α-hetero) is 1. The number of carbonyl (C=O) groups is 1. The van der Waals surface area contributed by atoms with Crippen LogP contribution in [0.1, 0.15) is 70.2 Å². The highest BCUT2D eigenvalue weighted by molar-refractivity contribution is 5.96. The van der Waals surface area contributed by atoms with Gasteiger partial charge in [0.05, 0.1) is 0 Å². The number of anilines is 1. The molecule has 0 aliphatic carbocycles. The summed E-state index contributed by atoms with van der Waals surface area (Å²) < 4.78 is 0. The van der Waals surface area contributed by atoms with Crippen LogP contribution in [-0.4, -0.2) is 12.3 Å². The second kappa shape index (κ2) is 8.08. The molecule has 0 amide bonds. The summed E-state index contributed by atoms with van der Waals surface area (Å²) >= 11 is 0. The SMILES string of the molecule is CCCCCC(C)(C)CNc1ccc(C(=O)CC)cc1. The van der Waals surface area contributed by atoms with Crippen LogP contribution < -0.4 is 5.32 Å². The van der Waals surface area contributed by atoms with E-state index in [1.807, 2.05) is 31.2 Å². The number of rotatable bonds is 9. The van der Waals surface area contributed by atoms with Gasteiger partial charge in [-0.2, -0.15) is 0 Å². The van der Waals surface area contributed by atoms with E-state index in [1.165, 1.54) is 25.7 Å². The van der Waals surface area contributed by atoms with Crippen molar-refractivity contribution in [2.75, 3.05) is 11.9 Å². The minimum atomic E-state index is 0.205. The van der Waals surface area contributed by atoms with Crippen LogP contribution in [0.5, 0.6) is 0 Å². The van der Waals surface area contributed by atoms with Crippen molar-refractivity contribution in [3.8, 4) is 0 Å². The Morgan fingerprint density at radius 3 is 2.30 bits per heavy atom. The Hall–Kier alpha value is -1.31. The lowest BCUT2D eigenvalue weighted by atomic mass is 9.87. The highest BCUT2D eigenvalue weighted by Gasteiger charge is 2.16. The normalized spacial score (nSPS) is 11.4. The lowest BCUT2D eigenvalue weighted by Crippen LogP contribution is -2.23. The molecule has 112 valence electrons. The molecule has 1 N–H and O–H groups in total. The molecule has 0 radical (unpaired) electrons. The van der Waals surface area contributed by atoms with Crippen molar-refractivity contribution in [3.05, 3.63) is 29.8 Å². The van der Waals surface area contributed by atoms with E-state index in [0.717, 1.165) is 17.8 Å². The van der Waals surface area contributed by atoms with E-state index >= 15 is 0 Å². The Kier molecular flexibility index (Phi) is 6.77. The average Bonchev–Trinajstić information content (AvgIpc) is 2.45. The summed E-state index contributed by atoms with van der Waals surface area (Å²) in [6, 6.07) is 7.84. The maximum absolute atomic E-state index is 11.6. The van der Waals surface area contributed by atoms with Gasteiger partial charge in [0, 0.05) is 24.2 Å². The zero-order chi connectivity index (χ0) is 15.0. The maximum Gasteiger partial charge on any atom is 0.162 e. The second-order valence-corrected chi connectivity index (χ2v) is 6.33.